The maximum Gasteiger partial charge on any atom is 0.224 e. The van der Waals surface area contributed by atoms with Crippen LogP contribution in [0.15, 0.2) is 29.6 Å². The molecule has 26 heavy (non-hydrogen) atoms. The van der Waals surface area contributed by atoms with Gasteiger partial charge in [0.15, 0.2) is 0 Å². The van der Waals surface area contributed by atoms with Crippen LogP contribution in [0.4, 0.5) is 4.39 Å². The Hall–Kier alpha value is -1.79. The summed E-state index contributed by atoms with van der Waals surface area (Å²) in [4.78, 5) is 21.7. The van der Waals surface area contributed by atoms with Gasteiger partial charge in [0, 0.05) is 44.0 Å². The van der Waals surface area contributed by atoms with Gasteiger partial charge in [0.1, 0.15) is 5.82 Å². The summed E-state index contributed by atoms with van der Waals surface area (Å²) < 4.78 is 13.2. The van der Waals surface area contributed by atoms with E-state index in [1.165, 1.54) is 12.1 Å². The topological polar surface area (TPSA) is 36.4 Å². The number of carbonyl (C=O) groups excluding carboxylic acids is 1. The molecule has 1 amide bonds. The summed E-state index contributed by atoms with van der Waals surface area (Å²) >= 11 is 1.66. The molecule has 1 aromatic carbocycles. The molecule has 3 rings (SSSR count). The molecule has 1 aromatic heterocycles. The molecule has 1 aliphatic rings. The van der Waals surface area contributed by atoms with Crippen molar-refractivity contribution < 1.29 is 9.18 Å². The quantitative estimate of drug-likeness (QED) is 0.796. The average Bonchev–Trinajstić information content (AvgIpc) is 2.94. The van der Waals surface area contributed by atoms with Gasteiger partial charge in [0.05, 0.1) is 10.7 Å². The summed E-state index contributed by atoms with van der Waals surface area (Å²) in [6, 6.07) is 6.58. The van der Waals surface area contributed by atoms with Crippen LogP contribution in [0.25, 0.3) is 0 Å². The van der Waals surface area contributed by atoms with Crippen LogP contribution in [0.3, 0.4) is 0 Å². The predicted octanol–water partition coefficient (Wildman–Crippen LogP) is 3.85. The maximum atomic E-state index is 13.2. The molecule has 0 spiro atoms. The Morgan fingerprint density at radius 3 is 2.62 bits per heavy atom. The van der Waals surface area contributed by atoms with Crippen LogP contribution in [0.1, 0.15) is 36.5 Å². The second-order valence-electron chi connectivity index (χ2n) is 7.30. The van der Waals surface area contributed by atoms with Crippen LogP contribution in [-0.4, -0.2) is 39.8 Å². The molecule has 0 radical (unpaired) electrons. The number of aryl methyl sites for hydroxylation is 1. The molecular formula is C20H26FN3OS. The van der Waals surface area contributed by atoms with E-state index in [4.69, 9.17) is 0 Å². The Balaban J connectivity index is 1.75. The van der Waals surface area contributed by atoms with Gasteiger partial charge in [-0.05, 0) is 30.5 Å². The summed E-state index contributed by atoms with van der Waals surface area (Å²) in [6.45, 7) is 9.23. The zero-order chi connectivity index (χ0) is 18.7. The van der Waals surface area contributed by atoms with Crippen molar-refractivity contribution in [2.24, 2.45) is 5.92 Å². The average molecular weight is 376 g/mol. The molecule has 1 saturated heterocycles. The zero-order valence-electron chi connectivity index (χ0n) is 15.6. The molecule has 6 heteroatoms. The fourth-order valence-electron chi connectivity index (χ4n) is 3.45. The first-order chi connectivity index (χ1) is 12.4. The van der Waals surface area contributed by atoms with Crippen molar-refractivity contribution in [3.05, 3.63) is 51.7 Å². The van der Waals surface area contributed by atoms with Crippen molar-refractivity contribution in [3.8, 4) is 0 Å². The molecule has 1 aliphatic heterocycles. The number of hydrogen-bond acceptors (Lipinski definition) is 4. The van der Waals surface area contributed by atoms with Crippen molar-refractivity contribution in [2.45, 2.75) is 46.3 Å². The molecule has 0 aliphatic carbocycles. The van der Waals surface area contributed by atoms with E-state index in [9.17, 15) is 9.18 Å². The van der Waals surface area contributed by atoms with Crippen LogP contribution in [0.5, 0.6) is 0 Å². The Labute approximate surface area is 158 Å². The van der Waals surface area contributed by atoms with E-state index in [0.717, 1.165) is 35.9 Å². The lowest BCUT2D eigenvalue weighted by molar-refractivity contribution is -0.134. The van der Waals surface area contributed by atoms with E-state index < -0.39 is 0 Å². The van der Waals surface area contributed by atoms with Gasteiger partial charge in [-0.15, -0.1) is 11.3 Å². The Kier molecular flexibility index (Phi) is 6.04. The third kappa shape index (κ3) is 4.68. The number of rotatable bonds is 5. The highest BCUT2D eigenvalue weighted by Gasteiger charge is 2.31. The zero-order valence-corrected chi connectivity index (χ0v) is 16.4. The van der Waals surface area contributed by atoms with Gasteiger partial charge in [-0.1, -0.05) is 26.0 Å². The first-order valence-electron chi connectivity index (χ1n) is 9.09. The lowest BCUT2D eigenvalue weighted by atomic mass is 10.0. The molecule has 0 saturated carbocycles. The Morgan fingerprint density at radius 1 is 1.27 bits per heavy atom. The number of benzene rings is 1. The number of carbonyl (C=O) groups is 1. The van der Waals surface area contributed by atoms with Crippen molar-refractivity contribution in [3.63, 3.8) is 0 Å². The normalized spacial score (nSPS) is 19.2. The Bertz CT molecular complexity index is 744. The minimum atomic E-state index is -0.249. The SMILES string of the molecule is Cc1nc(CN2CCC(=O)N(Cc3ccc(F)cc3)[C@H](C(C)C)C2)cs1. The molecule has 0 bridgehead atoms. The lowest BCUT2D eigenvalue weighted by Crippen LogP contribution is -2.45. The summed E-state index contributed by atoms with van der Waals surface area (Å²) in [6.07, 6.45) is 0.507. The fourth-order valence-corrected chi connectivity index (χ4v) is 4.06. The van der Waals surface area contributed by atoms with Gasteiger partial charge in [0.2, 0.25) is 5.91 Å². The number of amides is 1. The molecule has 4 nitrogen and oxygen atoms in total. The van der Waals surface area contributed by atoms with E-state index in [1.807, 2.05) is 11.8 Å². The summed E-state index contributed by atoms with van der Waals surface area (Å²) in [5.74, 6) is 0.267. The second-order valence-corrected chi connectivity index (χ2v) is 8.36. The highest BCUT2D eigenvalue weighted by atomic mass is 32.1. The molecule has 2 aromatic rings. The first kappa shape index (κ1) is 19.0. The molecular weight excluding hydrogens is 349 g/mol. The van der Waals surface area contributed by atoms with Gasteiger partial charge in [0.25, 0.3) is 0 Å². The first-order valence-corrected chi connectivity index (χ1v) is 9.97. The summed E-state index contributed by atoms with van der Waals surface area (Å²) in [7, 11) is 0. The van der Waals surface area contributed by atoms with E-state index in [2.05, 4.69) is 29.1 Å². The standard InChI is InChI=1S/C20H26FN3OS/c1-14(2)19-12-23(11-18-13-26-15(3)22-18)9-8-20(25)24(19)10-16-4-6-17(21)7-5-16/h4-7,13-14,19H,8-12H2,1-3H3/t19-/m0/s1. The number of hydrogen-bond donors (Lipinski definition) is 0. The summed E-state index contributed by atoms with van der Waals surface area (Å²) in [5.41, 5.74) is 2.04. The van der Waals surface area contributed by atoms with Crippen molar-refractivity contribution in [1.29, 1.82) is 0 Å². The highest BCUT2D eigenvalue weighted by Crippen LogP contribution is 2.22. The van der Waals surface area contributed by atoms with E-state index in [-0.39, 0.29) is 17.8 Å². The number of thiazole rings is 1. The fraction of sp³-hybridized carbons (Fsp3) is 0.500. The van der Waals surface area contributed by atoms with Gasteiger partial charge >= 0.3 is 0 Å². The molecule has 0 N–H and O–H groups in total. The van der Waals surface area contributed by atoms with Crippen molar-refractivity contribution >= 4 is 17.2 Å². The molecule has 0 unspecified atom stereocenters. The van der Waals surface area contributed by atoms with E-state index in [1.54, 1.807) is 23.5 Å². The Morgan fingerprint density at radius 2 is 2.00 bits per heavy atom. The third-order valence-electron chi connectivity index (χ3n) is 4.90. The largest absolute Gasteiger partial charge is 0.334 e. The smallest absolute Gasteiger partial charge is 0.224 e. The maximum absolute atomic E-state index is 13.2. The van der Waals surface area contributed by atoms with Crippen LogP contribution in [0, 0.1) is 18.7 Å². The number of aromatic nitrogens is 1. The number of halogens is 1. The van der Waals surface area contributed by atoms with E-state index >= 15 is 0 Å². The molecule has 1 atom stereocenters. The van der Waals surface area contributed by atoms with Gasteiger partial charge in [-0.3, -0.25) is 9.69 Å². The monoisotopic (exact) mass is 375 g/mol. The van der Waals surface area contributed by atoms with Gasteiger partial charge in [-0.2, -0.15) is 0 Å². The minimum Gasteiger partial charge on any atom is -0.334 e. The highest BCUT2D eigenvalue weighted by molar-refractivity contribution is 7.09. The molecule has 1 fully saturated rings. The van der Waals surface area contributed by atoms with Crippen molar-refractivity contribution in [2.75, 3.05) is 13.1 Å². The molecule has 2 heterocycles. The second kappa shape index (κ2) is 8.27. The molecule has 140 valence electrons. The van der Waals surface area contributed by atoms with Gasteiger partial charge < -0.3 is 4.90 Å². The third-order valence-corrected chi connectivity index (χ3v) is 5.72. The van der Waals surface area contributed by atoms with Gasteiger partial charge in [-0.25, -0.2) is 9.37 Å². The van der Waals surface area contributed by atoms with Crippen LogP contribution < -0.4 is 0 Å². The lowest BCUT2D eigenvalue weighted by Gasteiger charge is -2.34. The van der Waals surface area contributed by atoms with Crippen LogP contribution in [-0.2, 0) is 17.9 Å². The predicted molar refractivity (Wildman–Crippen MR) is 102 cm³/mol. The van der Waals surface area contributed by atoms with Crippen LogP contribution in [0.2, 0.25) is 0 Å². The number of nitrogens with zero attached hydrogens (tertiary/aromatic N) is 3. The van der Waals surface area contributed by atoms with Crippen LogP contribution >= 0.6 is 11.3 Å². The van der Waals surface area contributed by atoms with E-state index in [0.29, 0.717) is 18.9 Å². The van der Waals surface area contributed by atoms with Crippen molar-refractivity contribution in [1.82, 2.24) is 14.8 Å². The minimum absolute atomic E-state index is 0.134. The summed E-state index contributed by atoms with van der Waals surface area (Å²) in [5, 5.41) is 3.17.